The first kappa shape index (κ1) is 13.1. The van der Waals surface area contributed by atoms with E-state index in [1.54, 1.807) is 7.11 Å². The van der Waals surface area contributed by atoms with E-state index in [1.807, 2.05) is 18.3 Å². The molecule has 100 valence electrons. The van der Waals surface area contributed by atoms with E-state index in [2.05, 4.69) is 22.1 Å². The Morgan fingerprint density at radius 3 is 3.17 bits per heavy atom. The fraction of sp³-hybridized carbons (Fsp3) is 0.643. The van der Waals surface area contributed by atoms with Crippen molar-refractivity contribution in [3.8, 4) is 5.75 Å². The molecule has 1 aliphatic heterocycles. The number of methoxy groups -OCH3 is 1. The second-order valence-corrected chi connectivity index (χ2v) is 4.68. The van der Waals surface area contributed by atoms with Crippen LogP contribution in [-0.4, -0.2) is 37.8 Å². The second-order valence-electron chi connectivity index (χ2n) is 4.68. The molecule has 2 rings (SSSR count). The van der Waals surface area contributed by atoms with Gasteiger partial charge < -0.3 is 15.0 Å². The molecule has 0 bridgehead atoms. The highest BCUT2D eigenvalue weighted by Crippen LogP contribution is 2.30. The minimum atomic E-state index is 0.530. The molecule has 1 atom stereocenters. The summed E-state index contributed by atoms with van der Waals surface area (Å²) in [6.45, 7) is 5.26. The van der Waals surface area contributed by atoms with Crippen LogP contribution in [0.15, 0.2) is 18.3 Å². The van der Waals surface area contributed by atoms with E-state index in [9.17, 15) is 0 Å². The van der Waals surface area contributed by atoms with Gasteiger partial charge in [0.1, 0.15) is 0 Å². The zero-order valence-electron chi connectivity index (χ0n) is 11.4. The van der Waals surface area contributed by atoms with Crippen molar-refractivity contribution in [1.82, 2.24) is 10.3 Å². The van der Waals surface area contributed by atoms with Crippen molar-refractivity contribution in [2.75, 3.05) is 31.6 Å². The lowest BCUT2D eigenvalue weighted by Crippen LogP contribution is -2.46. The van der Waals surface area contributed by atoms with Crippen LogP contribution >= 0.6 is 0 Å². The van der Waals surface area contributed by atoms with E-state index in [-0.39, 0.29) is 0 Å². The van der Waals surface area contributed by atoms with Crippen LogP contribution in [0.4, 0.5) is 5.82 Å². The van der Waals surface area contributed by atoms with Gasteiger partial charge in [0.2, 0.25) is 0 Å². The number of pyridine rings is 1. The Bertz CT molecular complexity index is 370. The smallest absolute Gasteiger partial charge is 0.171 e. The van der Waals surface area contributed by atoms with E-state index in [1.165, 1.54) is 19.3 Å². The summed E-state index contributed by atoms with van der Waals surface area (Å²) in [6.07, 6.45) is 5.62. The number of anilines is 1. The van der Waals surface area contributed by atoms with Gasteiger partial charge in [-0.1, -0.05) is 6.92 Å². The molecule has 2 heterocycles. The molecular formula is C14H23N3O. The Morgan fingerprint density at radius 1 is 1.50 bits per heavy atom. The third kappa shape index (κ3) is 2.93. The number of hydrogen-bond acceptors (Lipinski definition) is 4. The van der Waals surface area contributed by atoms with Crippen LogP contribution < -0.4 is 15.0 Å². The summed E-state index contributed by atoms with van der Waals surface area (Å²) in [5, 5.41) is 3.44. The van der Waals surface area contributed by atoms with Crippen LogP contribution in [-0.2, 0) is 0 Å². The number of rotatable bonds is 5. The van der Waals surface area contributed by atoms with Crippen LogP contribution in [0.2, 0.25) is 0 Å². The van der Waals surface area contributed by atoms with Gasteiger partial charge in [-0.2, -0.15) is 0 Å². The Morgan fingerprint density at radius 2 is 2.39 bits per heavy atom. The molecule has 0 spiro atoms. The number of nitrogens with one attached hydrogen (secondary N) is 1. The topological polar surface area (TPSA) is 37.4 Å². The number of ether oxygens (including phenoxy) is 1. The maximum absolute atomic E-state index is 5.43. The Kier molecular flexibility index (Phi) is 4.81. The maximum Gasteiger partial charge on any atom is 0.171 e. The molecular weight excluding hydrogens is 226 g/mol. The highest BCUT2D eigenvalue weighted by Gasteiger charge is 2.25. The summed E-state index contributed by atoms with van der Waals surface area (Å²) in [7, 11) is 1.71. The van der Waals surface area contributed by atoms with E-state index >= 15 is 0 Å². The van der Waals surface area contributed by atoms with Gasteiger partial charge in [-0.05, 0) is 37.9 Å². The van der Waals surface area contributed by atoms with Crippen molar-refractivity contribution in [3.05, 3.63) is 18.3 Å². The van der Waals surface area contributed by atoms with Crippen molar-refractivity contribution in [3.63, 3.8) is 0 Å². The quantitative estimate of drug-likeness (QED) is 0.866. The summed E-state index contributed by atoms with van der Waals surface area (Å²) in [6, 6.07) is 4.44. The fourth-order valence-electron chi connectivity index (χ4n) is 2.56. The molecule has 1 unspecified atom stereocenters. The van der Waals surface area contributed by atoms with Gasteiger partial charge in [-0.25, -0.2) is 4.98 Å². The minimum absolute atomic E-state index is 0.530. The lowest BCUT2D eigenvalue weighted by atomic mass is 10.0. The summed E-state index contributed by atoms with van der Waals surface area (Å²) < 4.78 is 5.43. The molecule has 0 radical (unpaired) electrons. The predicted octanol–water partition coefficient (Wildman–Crippen LogP) is 2.06. The SMILES string of the molecule is CCNCC1CCCCN1c1ncccc1OC. The van der Waals surface area contributed by atoms with Crippen LogP contribution in [0.3, 0.4) is 0 Å². The van der Waals surface area contributed by atoms with Crippen molar-refractivity contribution >= 4 is 5.82 Å². The minimum Gasteiger partial charge on any atom is -0.493 e. The van der Waals surface area contributed by atoms with Gasteiger partial charge in [0.05, 0.1) is 7.11 Å². The van der Waals surface area contributed by atoms with E-state index in [4.69, 9.17) is 4.74 Å². The molecule has 4 nitrogen and oxygen atoms in total. The number of hydrogen-bond donors (Lipinski definition) is 1. The van der Waals surface area contributed by atoms with E-state index in [0.717, 1.165) is 31.2 Å². The summed E-state index contributed by atoms with van der Waals surface area (Å²) in [5.41, 5.74) is 0. The molecule has 0 amide bonds. The standard InChI is InChI=1S/C14H23N3O/c1-3-15-11-12-7-4-5-10-17(12)14-13(18-2)8-6-9-16-14/h6,8-9,12,15H,3-5,7,10-11H2,1-2H3. The Balaban J connectivity index is 2.16. The molecule has 0 aromatic carbocycles. The van der Waals surface area contributed by atoms with Gasteiger partial charge in [0, 0.05) is 25.3 Å². The number of piperidine rings is 1. The van der Waals surface area contributed by atoms with Crippen LogP contribution in [0.25, 0.3) is 0 Å². The highest BCUT2D eigenvalue weighted by atomic mass is 16.5. The van der Waals surface area contributed by atoms with Crippen LogP contribution in [0.1, 0.15) is 26.2 Å². The van der Waals surface area contributed by atoms with Gasteiger partial charge in [-0.3, -0.25) is 0 Å². The molecule has 1 N–H and O–H groups in total. The Labute approximate surface area is 109 Å². The Hall–Kier alpha value is -1.29. The fourth-order valence-corrected chi connectivity index (χ4v) is 2.56. The van der Waals surface area contributed by atoms with Crippen molar-refractivity contribution in [1.29, 1.82) is 0 Å². The third-order valence-electron chi connectivity index (χ3n) is 3.50. The number of nitrogens with zero attached hydrogens (tertiary/aromatic N) is 2. The largest absolute Gasteiger partial charge is 0.493 e. The molecule has 0 saturated carbocycles. The maximum atomic E-state index is 5.43. The first-order valence-electron chi connectivity index (χ1n) is 6.83. The monoisotopic (exact) mass is 249 g/mol. The van der Waals surface area contributed by atoms with Crippen molar-refractivity contribution in [2.45, 2.75) is 32.2 Å². The van der Waals surface area contributed by atoms with Crippen molar-refractivity contribution in [2.24, 2.45) is 0 Å². The second kappa shape index (κ2) is 6.59. The number of likely N-dealkylation sites (N-methyl/N-ethyl adjacent to an activating group) is 1. The highest BCUT2D eigenvalue weighted by molar-refractivity contribution is 5.53. The molecule has 0 aliphatic carbocycles. The molecule has 1 fully saturated rings. The number of aromatic nitrogens is 1. The molecule has 18 heavy (non-hydrogen) atoms. The van der Waals surface area contributed by atoms with Crippen molar-refractivity contribution < 1.29 is 4.74 Å². The zero-order chi connectivity index (χ0) is 12.8. The van der Waals surface area contributed by atoms with Gasteiger partial charge >= 0.3 is 0 Å². The summed E-state index contributed by atoms with van der Waals surface area (Å²) >= 11 is 0. The molecule has 1 aromatic rings. The van der Waals surface area contributed by atoms with Crippen LogP contribution in [0, 0.1) is 0 Å². The first-order chi connectivity index (χ1) is 8.86. The van der Waals surface area contributed by atoms with Crippen LogP contribution in [0.5, 0.6) is 5.75 Å². The normalized spacial score (nSPS) is 19.9. The van der Waals surface area contributed by atoms with Gasteiger partial charge in [0.25, 0.3) is 0 Å². The van der Waals surface area contributed by atoms with Gasteiger partial charge in [0.15, 0.2) is 11.6 Å². The van der Waals surface area contributed by atoms with E-state index in [0.29, 0.717) is 6.04 Å². The first-order valence-corrected chi connectivity index (χ1v) is 6.83. The molecule has 1 saturated heterocycles. The lowest BCUT2D eigenvalue weighted by Gasteiger charge is -2.37. The molecule has 4 heteroatoms. The zero-order valence-corrected chi connectivity index (χ0v) is 11.4. The predicted molar refractivity (Wildman–Crippen MR) is 74.3 cm³/mol. The van der Waals surface area contributed by atoms with Gasteiger partial charge in [-0.15, -0.1) is 0 Å². The summed E-state index contributed by atoms with van der Waals surface area (Å²) in [5.74, 6) is 1.86. The lowest BCUT2D eigenvalue weighted by molar-refractivity contribution is 0.397. The average molecular weight is 249 g/mol. The molecule has 1 aromatic heterocycles. The average Bonchev–Trinajstić information content (AvgIpc) is 2.45. The third-order valence-corrected chi connectivity index (χ3v) is 3.50. The summed E-state index contributed by atoms with van der Waals surface area (Å²) in [4.78, 5) is 6.90. The molecule has 1 aliphatic rings. The van der Waals surface area contributed by atoms with E-state index < -0.39 is 0 Å².